The lowest BCUT2D eigenvalue weighted by Crippen LogP contribution is -2.70. The average Bonchev–Trinajstić information content (AvgIpc) is 3.42. The zero-order chi connectivity index (χ0) is 35.0. The highest BCUT2D eigenvalue weighted by molar-refractivity contribution is 7.91. The van der Waals surface area contributed by atoms with Gasteiger partial charge in [0.15, 0.2) is 9.84 Å². The Morgan fingerprint density at radius 1 is 0.878 bits per heavy atom. The van der Waals surface area contributed by atoms with Crippen molar-refractivity contribution in [2.24, 2.45) is 51.2 Å². The molecule has 4 saturated carbocycles. The van der Waals surface area contributed by atoms with Crippen molar-refractivity contribution in [2.45, 2.75) is 111 Å². The first-order valence-electron chi connectivity index (χ1n) is 20.0. The second-order valence-electron chi connectivity index (χ2n) is 19.2. The fourth-order valence-electron chi connectivity index (χ4n) is 14.1. The van der Waals surface area contributed by atoms with Crippen LogP contribution in [0.1, 0.15) is 106 Å². The molecule has 1 aromatic carbocycles. The van der Waals surface area contributed by atoms with Crippen LogP contribution in [0.3, 0.4) is 0 Å². The Kier molecular flexibility index (Phi) is 9.16. The molecule has 7 heteroatoms. The maximum atomic E-state index is 11.9. The normalized spacial score (nSPS) is 42.8. The second-order valence-corrected chi connectivity index (χ2v) is 21.5. The van der Waals surface area contributed by atoms with Crippen molar-refractivity contribution in [1.82, 2.24) is 10.2 Å². The predicted octanol–water partition coefficient (Wildman–Crippen LogP) is 7.81. The topological polar surface area (TPSA) is 78.7 Å². The molecule has 2 saturated heterocycles. The SMILES string of the molecule is C=C(C)[C@@H]1CC[C@]2(CNCCCN3CCS(=O)(=O)CC3)CC[C@]3(C)[C@H](CC[C@@H]4[C@@]5(C)CCN(c6ccc(N)cc6)C(C)(C)[C@@H]5CC[C@]43C)[C@@H]12. The quantitative estimate of drug-likeness (QED) is 0.165. The maximum absolute atomic E-state index is 11.9. The first kappa shape index (κ1) is 35.8. The van der Waals surface area contributed by atoms with Crippen molar-refractivity contribution in [3.8, 4) is 0 Å². The smallest absolute Gasteiger partial charge is 0.152 e. The molecule has 6 fully saturated rings. The van der Waals surface area contributed by atoms with E-state index >= 15 is 0 Å². The molecule has 0 bridgehead atoms. The van der Waals surface area contributed by atoms with Crippen molar-refractivity contribution in [3.05, 3.63) is 36.4 Å². The van der Waals surface area contributed by atoms with E-state index in [9.17, 15) is 8.42 Å². The molecule has 3 N–H and O–H groups in total. The summed E-state index contributed by atoms with van der Waals surface area (Å²) in [4.78, 5) is 5.06. The minimum atomic E-state index is -2.81. The van der Waals surface area contributed by atoms with Crippen LogP contribution in [0, 0.1) is 51.2 Å². The summed E-state index contributed by atoms with van der Waals surface area (Å²) in [6.07, 6.45) is 13.2. The molecule has 0 aromatic heterocycles. The van der Waals surface area contributed by atoms with Gasteiger partial charge in [-0.1, -0.05) is 32.9 Å². The van der Waals surface area contributed by atoms with Gasteiger partial charge in [-0.15, -0.1) is 0 Å². The zero-order valence-electron chi connectivity index (χ0n) is 31.8. The number of nitrogen functional groups attached to an aromatic ring is 1. The first-order valence-corrected chi connectivity index (χ1v) is 21.8. The third kappa shape index (κ3) is 5.73. The molecular formula is C42H68N4O2S. The molecule has 0 spiro atoms. The van der Waals surface area contributed by atoms with Crippen LogP contribution in [0.5, 0.6) is 0 Å². The van der Waals surface area contributed by atoms with E-state index in [0.29, 0.717) is 58.1 Å². The van der Waals surface area contributed by atoms with Gasteiger partial charge in [-0.05, 0) is 174 Å². The number of nitrogens with one attached hydrogen (secondary N) is 1. The van der Waals surface area contributed by atoms with Gasteiger partial charge in [0.2, 0.25) is 0 Å². The summed E-state index contributed by atoms with van der Waals surface area (Å²) in [6.45, 7) is 26.0. The van der Waals surface area contributed by atoms with Crippen molar-refractivity contribution in [2.75, 3.05) is 61.4 Å². The van der Waals surface area contributed by atoms with Crippen molar-refractivity contribution in [1.29, 1.82) is 0 Å². The Hall–Kier alpha value is -1.57. The van der Waals surface area contributed by atoms with Gasteiger partial charge in [-0.25, -0.2) is 8.42 Å². The predicted molar refractivity (Wildman–Crippen MR) is 205 cm³/mol. The number of hydrogen-bond acceptors (Lipinski definition) is 6. The monoisotopic (exact) mass is 693 g/mol. The Bertz CT molecular complexity index is 1490. The van der Waals surface area contributed by atoms with Gasteiger partial charge in [0.25, 0.3) is 0 Å². The van der Waals surface area contributed by atoms with Gasteiger partial charge >= 0.3 is 0 Å². The molecule has 6 aliphatic rings. The molecule has 4 aliphatic carbocycles. The Labute approximate surface area is 299 Å². The highest BCUT2D eigenvalue weighted by Crippen LogP contribution is 2.76. The summed E-state index contributed by atoms with van der Waals surface area (Å²) < 4.78 is 23.7. The molecule has 0 radical (unpaired) electrons. The van der Waals surface area contributed by atoms with Gasteiger partial charge < -0.3 is 20.9 Å². The number of fused-ring (bicyclic) bond motifs is 7. The third-order valence-corrected chi connectivity index (χ3v) is 18.5. The van der Waals surface area contributed by atoms with Gasteiger partial charge in [-0.2, -0.15) is 0 Å². The van der Waals surface area contributed by atoms with Crippen molar-refractivity contribution in [3.63, 3.8) is 0 Å². The van der Waals surface area contributed by atoms with Gasteiger partial charge in [-0.3, -0.25) is 0 Å². The molecule has 6 nitrogen and oxygen atoms in total. The summed E-state index contributed by atoms with van der Waals surface area (Å²) >= 11 is 0. The minimum absolute atomic E-state index is 0.109. The van der Waals surface area contributed by atoms with Crippen LogP contribution in [0.25, 0.3) is 0 Å². The molecule has 1 aromatic rings. The van der Waals surface area contributed by atoms with E-state index in [4.69, 9.17) is 5.73 Å². The number of benzene rings is 1. The molecule has 49 heavy (non-hydrogen) atoms. The number of allylic oxidation sites excluding steroid dienone is 1. The Morgan fingerprint density at radius 3 is 2.29 bits per heavy atom. The molecule has 0 unspecified atom stereocenters. The first-order chi connectivity index (χ1) is 23.1. The van der Waals surface area contributed by atoms with Gasteiger partial charge in [0.05, 0.1) is 11.5 Å². The van der Waals surface area contributed by atoms with Crippen LogP contribution < -0.4 is 16.0 Å². The average molecular weight is 693 g/mol. The van der Waals surface area contributed by atoms with E-state index < -0.39 is 9.84 Å². The summed E-state index contributed by atoms with van der Waals surface area (Å²) in [5.41, 5.74) is 11.3. The summed E-state index contributed by atoms with van der Waals surface area (Å²) in [5.74, 6) is 4.26. The minimum Gasteiger partial charge on any atom is -0.399 e. The van der Waals surface area contributed by atoms with E-state index in [0.717, 1.165) is 56.0 Å². The standard InChI is InChI=1S/C42H68N4O2S/c1-30(2)33-15-18-42(29-44-22-8-23-45-25-27-49(47,48)28-26-45)20-19-40(6)34(37(33)42)13-14-36-39(5)21-24-46(32-11-9-31(43)10-12-32)38(3,4)35(39)16-17-41(36,40)7/h9-12,33-37,44H,1,8,13-29,43H2,2-7H3/t33-,34+,35-,36+,37+,39-,40+,41+,42+/m0/s1. The van der Waals surface area contributed by atoms with Gasteiger partial charge in [0, 0.05) is 43.1 Å². The Morgan fingerprint density at radius 2 is 1.59 bits per heavy atom. The van der Waals surface area contributed by atoms with Crippen LogP contribution in [0.15, 0.2) is 36.4 Å². The van der Waals surface area contributed by atoms with Crippen molar-refractivity contribution >= 4 is 21.2 Å². The van der Waals surface area contributed by atoms with Crippen LogP contribution in [-0.4, -0.2) is 69.6 Å². The second kappa shape index (κ2) is 12.5. The molecule has 274 valence electrons. The fourth-order valence-corrected chi connectivity index (χ4v) is 15.4. The number of hydrogen-bond donors (Lipinski definition) is 2. The fraction of sp³-hybridized carbons (Fsp3) is 0.810. The summed E-state index contributed by atoms with van der Waals surface area (Å²) in [5, 5.41) is 3.99. The maximum Gasteiger partial charge on any atom is 0.152 e. The van der Waals surface area contributed by atoms with Crippen LogP contribution in [-0.2, 0) is 9.84 Å². The molecule has 2 heterocycles. The van der Waals surface area contributed by atoms with Crippen molar-refractivity contribution < 1.29 is 8.42 Å². The van der Waals surface area contributed by atoms with Crippen LogP contribution in [0.2, 0.25) is 0 Å². The van der Waals surface area contributed by atoms with Gasteiger partial charge in [0.1, 0.15) is 0 Å². The molecule has 2 aliphatic heterocycles. The van der Waals surface area contributed by atoms with E-state index in [1.54, 1.807) is 0 Å². The number of piperidine rings is 1. The number of nitrogens with two attached hydrogens (primary N) is 1. The number of sulfone groups is 1. The molecule has 9 atom stereocenters. The summed E-state index contributed by atoms with van der Waals surface area (Å²) in [7, 11) is -2.81. The highest BCUT2D eigenvalue weighted by Gasteiger charge is 2.70. The largest absolute Gasteiger partial charge is 0.399 e. The van der Waals surface area contributed by atoms with Crippen LogP contribution >= 0.6 is 0 Å². The van der Waals surface area contributed by atoms with E-state index in [-0.39, 0.29) is 5.54 Å². The molecule has 7 rings (SSSR count). The lowest BCUT2D eigenvalue weighted by molar-refractivity contribution is -0.227. The highest BCUT2D eigenvalue weighted by atomic mass is 32.2. The summed E-state index contributed by atoms with van der Waals surface area (Å²) in [6, 6.07) is 8.63. The lowest BCUT2D eigenvalue weighted by atomic mass is 9.33. The number of rotatable bonds is 8. The Balaban J connectivity index is 1.08. The lowest BCUT2D eigenvalue weighted by Gasteiger charge is -2.73. The number of anilines is 2. The van der Waals surface area contributed by atoms with Crippen LogP contribution in [0.4, 0.5) is 11.4 Å². The third-order valence-electron chi connectivity index (χ3n) is 16.9. The number of nitrogens with zero attached hydrogens (tertiary/aromatic N) is 2. The van der Waals surface area contributed by atoms with E-state index in [1.807, 2.05) is 0 Å². The van der Waals surface area contributed by atoms with E-state index in [1.165, 1.54) is 69.0 Å². The molecular weight excluding hydrogens is 625 g/mol. The zero-order valence-corrected chi connectivity index (χ0v) is 32.6. The van der Waals surface area contributed by atoms with E-state index in [2.05, 4.69) is 87.5 Å². The molecule has 0 amide bonds.